The molecule has 2 aromatic carbocycles. The SMILES string of the molecule is CN[C@@H](C)C(=O)N[C@H](C(=O)N1CCC2CCN(CCc3ccc(OCCOCCOCCOCCOCCOC4CCC(Nc5nccc(-c6cnn(Cc7ccccc7)c6N(C)C)n5)CC4)cc3)CC21)C1CCCCC1. The van der Waals surface area contributed by atoms with E-state index in [1.807, 2.05) is 62.4 Å². The van der Waals surface area contributed by atoms with Crippen LogP contribution in [-0.4, -0.2) is 185 Å². The molecule has 2 saturated carbocycles. The standard InChI is InChI=1S/C59H88N10O8/c1-44(60-2)56(70)65-55(48-13-9-6-10-14-48)58(71)68-30-26-47-25-29-67(43-54(47)68)28-24-45-15-19-50(20-16-45)76-39-37-74-35-33-72-31-32-73-34-36-75-38-40-77-51-21-17-49(18-22-51)63-59-61-27-23-53(64-59)52-41-62-69(57(52)66(3)4)42-46-11-7-5-8-12-46/h5,7-8,11-12,15-16,19-20,23,27,41,44,47-49,51,54-55,60H,6,9-10,13-14,17-18,21-22,24-26,28-40,42-43H2,1-4H3,(H,65,70)(H,61,63,64)/t44-,47?,49?,51?,54?,55-/m0/s1. The van der Waals surface area contributed by atoms with Gasteiger partial charge in [0.05, 0.1) is 95.6 Å². The molecule has 4 fully saturated rings. The van der Waals surface area contributed by atoms with Gasteiger partial charge < -0.3 is 59.1 Å². The van der Waals surface area contributed by atoms with Crippen LogP contribution < -0.4 is 25.6 Å². The smallest absolute Gasteiger partial charge is 0.245 e. The quantitative estimate of drug-likeness (QED) is 0.0467. The highest BCUT2D eigenvalue weighted by molar-refractivity contribution is 5.90. The van der Waals surface area contributed by atoms with Gasteiger partial charge in [-0.15, -0.1) is 0 Å². The number of likely N-dealkylation sites (tertiary alicyclic amines) is 2. The lowest BCUT2D eigenvalue weighted by atomic mass is 9.83. The molecule has 2 aromatic heterocycles. The molecule has 3 N–H and O–H groups in total. The van der Waals surface area contributed by atoms with Crippen LogP contribution in [0.5, 0.6) is 5.75 Å². The summed E-state index contributed by atoms with van der Waals surface area (Å²) >= 11 is 0. The van der Waals surface area contributed by atoms with Crippen molar-refractivity contribution in [3.8, 4) is 17.0 Å². The molecule has 18 nitrogen and oxygen atoms in total. The number of nitrogens with one attached hydrogen (secondary N) is 3. The van der Waals surface area contributed by atoms with Gasteiger partial charge in [0.1, 0.15) is 24.2 Å². The van der Waals surface area contributed by atoms with Gasteiger partial charge in [-0.25, -0.2) is 14.6 Å². The van der Waals surface area contributed by atoms with Crippen molar-refractivity contribution < 1.29 is 38.0 Å². The minimum Gasteiger partial charge on any atom is -0.491 e. The van der Waals surface area contributed by atoms with Crippen molar-refractivity contribution in [3.05, 3.63) is 84.2 Å². The zero-order valence-electron chi connectivity index (χ0n) is 46.5. The Morgan fingerprint density at radius 2 is 1.43 bits per heavy atom. The number of amides is 2. The molecule has 4 aromatic rings. The van der Waals surface area contributed by atoms with E-state index in [4.69, 9.17) is 38.5 Å². The molecular formula is C59H88N10O8. The Morgan fingerprint density at radius 1 is 0.753 bits per heavy atom. The average Bonchev–Trinajstić information content (AvgIpc) is 4.11. The Labute approximate surface area is 457 Å². The van der Waals surface area contributed by atoms with Crippen LogP contribution in [0.3, 0.4) is 0 Å². The van der Waals surface area contributed by atoms with Gasteiger partial charge in [0.2, 0.25) is 17.8 Å². The number of piperidine rings is 1. The maximum Gasteiger partial charge on any atom is 0.245 e. The number of aromatic nitrogens is 4. The fourth-order valence-electron chi connectivity index (χ4n) is 11.5. The molecule has 0 radical (unpaired) electrons. The second-order valence-electron chi connectivity index (χ2n) is 21.5. The maximum atomic E-state index is 14.2. The number of nitrogens with zero attached hydrogens (tertiary/aromatic N) is 7. The van der Waals surface area contributed by atoms with Gasteiger partial charge in [-0.1, -0.05) is 61.7 Å². The van der Waals surface area contributed by atoms with Crippen LogP contribution in [0.4, 0.5) is 11.8 Å². The number of hydrogen-bond donors (Lipinski definition) is 3. The predicted octanol–water partition coefficient (Wildman–Crippen LogP) is 6.48. The summed E-state index contributed by atoms with van der Waals surface area (Å²) < 4.78 is 36.9. The normalized spacial score (nSPS) is 20.9. The summed E-state index contributed by atoms with van der Waals surface area (Å²) in [5.41, 5.74) is 4.28. The van der Waals surface area contributed by atoms with Crippen LogP contribution in [0, 0.1) is 11.8 Å². The van der Waals surface area contributed by atoms with E-state index < -0.39 is 6.04 Å². The fraction of sp³-hybridized carbons (Fsp3) is 0.644. The molecule has 2 saturated heterocycles. The van der Waals surface area contributed by atoms with E-state index >= 15 is 0 Å². The zero-order chi connectivity index (χ0) is 53.6. The highest BCUT2D eigenvalue weighted by Crippen LogP contribution is 2.35. The first-order valence-corrected chi connectivity index (χ1v) is 28.7. The Morgan fingerprint density at radius 3 is 2.12 bits per heavy atom. The molecule has 4 heterocycles. The number of likely N-dealkylation sites (N-methyl/N-ethyl adjacent to an activating group) is 1. The molecule has 18 heteroatoms. The topological polar surface area (TPSA) is 179 Å². The van der Waals surface area contributed by atoms with Crippen molar-refractivity contribution in [2.45, 2.75) is 121 Å². The average molecular weight is 1070 g/mol. The summed E-state index contributed by atoms with van der Waals surface area (Å²) in [6.45, 7) is 11.3. The van der Waals surface area contributed by atoms with E-state index in [9.17, 15) is 9.59 Å². The molecule has 8 rings (SSSR count). The van der Waals surface area contributed by atoms with E-state index in [0.29, 0.717) is 90.5 Å². The third kappa shape index (κ3) is 17.6. The lowest BCUT2D eigenvalue weighted by Gasteiger charge is -2.41. The molecule has 4 atom stereocenters. The number of benzene rings is 2. The number of hydrogen-bond acceptors (Lipinski definition) is 15. The van der Waals surface area contributed by atoms with Crippen LogP contribution in [0.25, 0.3) is 11.3 Å². The third-order valence-electron chi connectivity index (χ3n) is 15.9. The maximum absolute atomic E-state index is 14.2. The Hall–Kier alpha value is -5.21. The number of ether oxygens (including phenoxy) is 6. The van der Waals surface area contributed by atoms with Crippen molar-refractivity contribution in [2.75, 3.05) is 124 Å². The lowest BCUT2D eigenvalue weighted by molar-refractivity contribution is -0.140. The zero-order valence-corrected chi connectivity index (χ0v) is 46.5. The van der Waals surface area contributed by atoms with Crippen molar-refractivity contribution >= 4 is 23.6 Å². The van der Waals surface area contributed by atoms with Crippen LogP contribution in [-0.2, 0) is 46.2 Å². The molecule has 2 amide bonds. The van der Waals surface area contributed by atoms with Crippen LogP contribution in [0.15, 0.2) is 73.1 Å². The molecule has 422 valence electrons. The van der Waals surface area contributed by atoms with E-state index in [0.717, 1.165) is 120 Å². The number of anilines is 2. The van der Waals surface area contributed by atoms with Crippen molar-refractivity contribution in [1.29, 1.82) is 0 Å². The molecule has 2 aliphatic heterocycles. The van der Waals surface area contributed by atoms with Gasteiger partial charge in [-0.3, -0.25) is 9.59 Å². The van der Waals surface area contributed by atoms with Gasteiger partial charge in [-0.2, -0.15) is 5.10 Å². The summed E-state index contributed by atoms with van der Waals surface area (Å²) in [4.78, 5) is 43.4. The Kier molecular flexibility index (Phi) is 23.2. The fourth-order valence-corrected chi connectivity index (χ4v) is 11.5. The third-order valence-corrected chi connectivity index (χ3v) is 15.9. The summed E-state index contributed by atoms with van der Waals surface area (Å²) in [6.07, 6.45) is 16.4. The van der Waals surface area contributed by atoms with Crippen molar-refractivity contribution in [3.63, 3.8) is 0 Å². The number of carbonyl (C=O) groups is 2. The van der Waals surface area contributed by atoms with Crippen LogP contribution in [0.1, 0.15) is 88.7 Å². The van der Waals surface area contributed by atoms with E-state index in [-0.39, 0.29) is 35.9 Å². The summed E-state index contributed by atoms with van der Waals surface area (Å²) in [5, 5.41) is 14.5. The monoisotopic (exact) mass is 1060 g/mol. The molecule has 0 spiro atoms. The van der Waals surface area contributed by atoms with Gasteiger partial charge in [0.25, 0.3) is 0 Å². The molecule has 4 aliphatic rings. The molecule has 2 unspecified atom stereocenters. The first kappa shape index (κ1) is 58.0. The number of rotatable bonds is 31. The summed E-state index contributed by atoms with van der Waals surface area (Å²) in [6, 6.07) is 20.4. The van der Waals surface area contributed by atoms with E-state index in [1.54, 1.807) is 7.05 Å². The highest BCUT2D eigenvalue weighted by Gasteiger charge is 2.44. The Bertz CT molecular complexity index is 2350. The largest absolute Gasteiger partial charge is 0.491 e. The molecule has 2 aliphatic carbocycles. The summed E-state index contributed by atoms with van der Waals surface area (Å²) in [5.74, 6) is 3.25. The predicted molar refractivity (Wildman–Crippen MR) is 299 cm³/mol. The van der Waals surface area contributed by atoms with Gasteiger partial charge in [-0.05, 0) is 119 Å². The Balaban J connectivity index is 0.604. The number of fused-ring (bicyclic) bond motifs is 1. The van der Waals surface area contributed by atoms with E-state index in [1.165, 1.54) is 17.5 Å². The van der Waals surface area contributed by atoms with Gasteiger partial charge in [0.15, 0.2) is 0 Å². The lowest BCUT2D eigenvalue weighted by Crippen LogP contribution is -2.58. The first-order valence-electron chi connectivity index (χ1n) is 28.7. The first-order chi connectivity index (χ1) is 37.7. The van der Waals surface area contributed by atoms with Gasteiger partial charge >= 0.3 is 0 Å². The minimum absolute atomic E-state index is 0.0892. The van der Waals surface area contributed by atoms with Gasteiger partial charge in [0, 0.05) is 52.0 Å². The second-order valence-corrected chi connectivity index (χ2v) is 21.5. The highest BCUT2D eigenvalue weighted by atomic mass is 16.6. The molecule has 77 heavy (non-hydrogen) atoms. The van der Waals surface area contributed by atoms with Crippen LogP contribution in [0.2, 0.25) is 0 Å². The van der Waals surface area contributed by atoms with Crippen LogP contribution >= 0.6 is 0 Å². The summed E-state index contributed by atoms with van der Waals surface area (Å²) in [7, 11) is 5.86. The molecule has 0 bridgehead atoms. The van der Waals surface area contributed by atoms with Crippen molar-refractivity contribution in [2.24, 2.45) is 11.8 Å². The van der Waals surface area contributed by atoms with Crippen molar-refractivity contribution in [1.82, 2.24) is 40.2 Å². The minimum atomic E-state index is -0.435. The van der Waals surface area contributed by atoms with E-state index in [2.05, 4.69) is 72.0 Å². The molecular weight excluding hydrogens is 977 g/mol. The second kappa shape index (κ2) is 30.8. The number of carbonyl (C=O) groups excluding carboxylic acids is 2.